The molecule has 1 saturated carbocycles. The van der Waals surface area contributed by atoms with Gasteiger partial charge in [0.2, 0.25) is 5.91 Å². The number of benzene rings is 1. The summed E-state index contributed by atoms with van der Waals surface area (Å²) in [7, 11) is 0. The van der Waals surface area contributed by atoms with Gasteiger partial charge in [0.15, 0.2) is 0 Å². The number of carbonyl (C=O) groups excluding carboxylic acids is 1. The molecule has 1 aliphatic carbocycles. The number of fused-ring (bicyclic) bond motifs is 1. The van der Waals surface area contributed by atoms with Crippen LogP contribution >= 0.6 is 0 Å². The predicted octanol–water partition coefficient (Wildman–Crippen LogP) is 3.60. The van der Waals surface area contributed by atoms with Crippen molar-refractivity contribution in [2.24, 2.45) is 5.92 Å². The summed E-state index contributed by atoms with van der Waals surface area (Å²) in [6, 6.07) is 8.11. The van der Waals surface area contributed by atoms with Crippen LogP contribution in [0, 0.1) is 5.92 Å². The van der Waals surface area contributed by atoms with Gasteiger partial charge in [-0.2, -0.15) is 0 Å². The summed E-state index contributed by atoms with van der Waals surface area (Å²) in [6.45, 7) is 4.16. The molecule has 0 saturated heterocycles. The SMILES string of the molecule is CC1(C)C[C@@H](NC(=O)C2CCCC2)c2ccccc2O1. The van der Waals surface area contributed by atoms with Crippen molar-refractivity contribution in [3.05, 3.63) is 29.8 Å². The lowest BCUT2D eigenvalue weighted by atomic mass is 9.89. The molecule has 3 rings (SSSR count). The number of carbonyl (C=O) groups is 1. The highest BCUT2D eigenvalue weighted by Gasteiger charge is 2.35. The number of rotatable bonds is 2. The van der Waals surface area contributed by atoms with Crippen molar-refractivity contribution >= 4 is 5.91 Å². The van der Waals surface area contributed by atoms with Gasteiger partial charge in [0, 0.05) is 17.9 Å². The van der Waals surface area contributed by atoms with Gasteiger partial charge in [-0.3, -0.25) is 4.79 Å². The van der Waals surface area contributed by atoms with Crippen molar-refractivity contribution in [2.45, 2.75) is 57.6 Å². The van der Waals surface area contributed by atoms with E-state index >= 15 is 0 Å². The lowest BCUT2D eigenvalue weighted by molar-refractivity contribution is -0.126. The molecular formula is C17H23NO2. The van der Waals surface area contributed by atoms with E-state index in [-0.39, 0.29) is 23.5 Å². The Balaban J connectivity index is 1.80. The zero-order chi connectivity index (χ0) is 14.2. The fourth-order valence-electron chi connectivity index (χ4n) is 3.41. The van der Waals surface area contributed by atoms with Gasteiger partial charge in [-0.25, -0.2) is 0 Å². The number of amides is 1. The van der Waals surface area contributed by atoms with Crippen LogP contribution in [-0.4, -0.2) is 11.5 Å². The highest BCUT2D eigenvalue weighted by atomic mass is 16.5. The molecule has 1 fully saturated rings. The van der Waals surface area contributed by atoms with E-state index < -0.39 is 0 Å². The van der Waals surface area contributed by atoms with Crippen LogP contribution in [0.1, 0.15) is 57.6 Å². The Hall–Kier alpha value is -1.51. The number of hydrogen-bond donors (Lipinski definition) is 1. The fourth-order valence-corrected chi connectivity index (χ4v) is 3.41. The maximum Gasteiger partial charge on any atom is 0.223 e. The van der Waals surface area contributed by atoms with E-state index in [4.69, 9.17) is 4.74 Å². The van der Waals surface area contributed by atoms with Crippen molar-refractivity contribution in [3.63, 3.8) is 0 Å². The molecule has 1 N–H and O–H groups in total. The van der Waals surface area contributed by atoms with Crippen molar-refractivity contribution < 1.29 is 9.53 Å². The normalized spacial score (nSPS) is 24.8. The molecule has 108 valence electrons. The van der Waals surface area contributed by atoms with E-state index in [9.17, 15) is 4.79 Å². The maximum absolute atomic E-state index is 12.4. The van der Waals surface area contributed by atoms with Crippen molar-refractivity contribution in [2.75, 3.05) is 0 Å². The molecule has 0 aromatic heterocycles. The first kappa shape index (κ1) is 13.5. The average Bonchev–Trinajstić information content (AvgIpc) is 2.91. The molecule has 1 aliphatic heterocycles. The van der Waals surface area contributed by atoms with E-state index in [1.807, 2.05) is 18.2 Å². The predicted molar refractivity (Wildman–Crippen MR) is 78.6 cm³/mol. The Morgan fingerprint density at radius 2 is 1.95 bits per heavy atom. The maximum atomic E-state index is 12.4. The number of ether oxygens (including phenoxy) is 1. The highest BCUT2D eigenvalue weighted by Crippen LogP contribution is 2.39. The third-order valence-electron chi connectivity index (χ3n) is 4.42. The smallest absolute Gasteiger partial charge is 0.223 e. The molecule has 0 bridgehead atoms. The first-order valence-electron chi connectivity index (χ1n) is 7.63. The van der Waals surface area contributed by atoms with Crippen molar-refractivity contribution in [1.29, 1.82) is 0 Å². The molecule has 20 heavy (non-hydrogen) atoms. The quantitative estimate of drug-likeness (QED) is 0.894. The van der Waals surface area contributed by atoms with E-state index in [0.717, 1.165) is 30.6 Å². The van der Waals surface area contributed by atoms with Gasteiger partial charge in [-0.05, 0) is 32.8 Å². The summed E-state index contributed by atoms with van der Waals surface area (Å²) in [4.78, 5) is 12.4. The monoisotopic (exact) mass is 273 g/mol. The minimum atomic E-state index is -0.234. The summed E-state index contributed by atoms with van der Waals surface area (Å²) in [6.07, 6.45) is 5.28. The van der Waals surface area contributed by atoms with Crippen LogP contribution < -0.4 is 10.1 Å². The molecule has 0 spiro atoms. The van der Waals surface area contributed by atoms with Crippen LogP contribution in [0.25, 0.3) is 0 Å². The molecule has 3 heteroatoms. The summed E-state index contributed by atoms with van der Waals surface area (Å²) >= 11 is 0. The Morgan fingerprint density at radius 1 is 1.25 bits per heavy atom. The van der Waals surface area contributed by atoms with Gasteiger partial charge in [0.25, 0.3) is 0 Å². The van der Waals surface area contributed by atoms with E-state index in [0.29, 0.717) is 0 Å². The summed E-state index contributed by atoms with van der Waals surface area (Å²) < 4.78 is 6.01. The summed E-state index contributed by atoms with van der Waals surface area (Å²) in [5, 5.41) is 3.25. The first-order chi connectivity index (χ1) is 9.55. The van der Waals surface area contributed by atoms with Crippen LogP contribution in [0.3, 0.4) is 0 Å². The van der Waals surface area contributed by atoms with Crippen LogP contribution in [0.2, 0.25) is 0 Å². The standard InChI is InChI=1S/C17H23NO2/c1-17(2)11-14(13-9-5-6-10-15(13)20-17)18-16(19)12-7-3-4-8-12/h5-6,9-10,12,14H,3-4,7-8,11H2,1-2H3,(H,18,19)/t14-/m1/s1. The third-order valence-corrected chi connectivity index (χ3v) is 4.42. The molecule has 3 nitrogen and oxygen atoms in total. The molecule has 0 radical (unpaired) electrons. The van der Waals surface area contributed by atoms with Crippen LogP contribution in [-0.2, 0) is 4.79 Å². The van der Waals surface area contributed by atoms with Gasteiger partial charge >= 0.3 is 0 Å². The largest absolute Gasteiger partial charge is 0.487 e. The van der Waals surface area contributed by atoms with Crippen molar-refractivity contribution in [1.82, 2.24) is 5.32 Å². The molecule has 1 aromatic carbocycles. The lowest BCUT2D eigenvalue weighted by Gasteiger charge is -2.38. The second kappa shape index (κ2) is 5.12. The Morgan fingerprint density at radius 3 is 2.70 bits per heavy atom. The van der Waals surface area contributed by atoms with E-state index in [2.05, 4.69) is 25.2 Å². The molecular weight excluding hydrogens is 250 g/mol. The summed E-state index contributed by atoms with van der Waals surface area (Å²) in [5.74, 6) is 1.34. The van der Waals surface area contributed by atoms with Gasteiger partial charge < -0.3 is 10.1 Å². The van der Waals surface area contributed by atoms with Crippen LogP contribution in [0.15, 0.2) is 24.3 Å². The number of nitrogens with one attached hydrogen (secondary N) is 1. The molecule has 1 aromatic rings. The molecule has 0 unspecified atom stereocenters. The topological polar surface area (TPSA) is 38.3 Å². The van der Waals surface area contributed by atoms with Crippen LogP contribution in [0.4, 0.5) is 0 Å². The zero-order valence-electron chi connectivity index (χ0n) is 12.3. The first-order valence-corrected chi connectivity index (χ1v) is 7.63. The molecule has 2 aliphatic rings. The van der Waals surface area contributed by atoms with Gasteiger partial charge in [-0.1, -0.05) is 31.0 Å². The Bertz CT molecular complexity index is 503. The van der Waals surface area contributed by atoms with E-state index in [1.165, 1.54) is 12.8 Å². The zero-order valence-corrected chi connectivity index (χ0v) is 12.3. The minimum absolute atomic E-state index is 0.0723. The molecule has 1 amide bonds. The second-order valence-corrected chi connectivity index (χ2v) is 6.65. The van der Waals surface area contributed by atoms with Crippen LogP contribution in [0.5, 0.6) is 5.75 Å². The molecule has 1 atom stereocenters. The lowest BCUT2D eigenvalue weighted by Crippen LogP contribution is -2.42. The summed E-state index contributed by atoms with van der Waals surface area (Å²) in [5.41, 5.74) is 0.875. The van der Waals surface area contributed by atoms with Crippen molar-refractivity contribution in [3.8, 4) is 5.75 Å². The van der Waals surface area contributed by atoms with E-state index in [1.54, 1.807) is 0 Å². The van der Waals surface area contributed by atoms with Gasteiger partial charge in [0.05, 0.1) is 6.04 Å². The highest BCUT2D eigenvalue weighted by molar-refractivity contribution is 5.79. The van der Waals surface area contributed by atoms with Gasteiger partial charge in [-0.15, -0.1) is 0 Å². The third kappa shape index (κ3) is 2.67. The average molecular weight is 273 g/mol. The Labute approximate surface area is 120 Å². The number of hydrogen-bond acceptors (Lipinski definition) is 2. The number of para-hydroxylation sites is 1. The fraction of sp³-hybridized carbons (Fsp3) is 0.588. The Kier molecular flexibility index (Phi) is 3.45. The second-order valence-electron chi connectivity index (χ2n) is 6.65. The minimum Gasteiger partial charge on any atom is -0.487 e. The van der Waals surface area contributed by atoms with Gasteiger partial charge in [0.1, 0.15) is 11.4 Å². The molecule has 1 heterocycles.